The molecule has 0 N–H and O–H groups in total. The number of benzene rings is 2. The Hall–Kier alpha value is -1.35. The number of amides is 1. The molecule has 2 nitrogen and oxygen atoms in total. The Morgan fingerprint density at radius 3 is 2.80 bits per heavy atom. The van der Waals surface area contributed by atoms with Gasteiger partial charge >= 0.3 is 0 Å². The van der Waals surface area contributed by atoms with Gasteiger partial charge in [-0.15, -0.1) is 0 Å². The molecule has 1 amide bonds. The van der Waals surface area contributed by atoms with Crippen molar-refractivity contribution in [3.05, 3.63) is 40.4 Å². The van der Waals surface area contributed by atoms with Crippen LogP contribution in [-0.4, -0.2) is 13.0 Å². The second kappa shape index (κ2) is 2.83. The number of carbonyl (C=O) groups is 1. The van der Waals surface area contributed by atoms with Crippen LogP contribution in [0.1, 0.15) is 10.4 Å². The first-order chi connectivity index (χ1) is 7.20. The minimum atomic E-state index is 0.0775. The van der Waals surface area contributed by atoms with Crippen molar-refractivity contribution in [3.63, 3.8) is 0 Å². The van der Waals surface area contributed by atoms with Crippen molar-refractivity contribution < 1.29 is 4.79 Å². The summed E-state index contributed by atoms with van der Waals surface area (Å²) in [5.74, 6) is 0.0775. The molecule has 0 saturated carbocycles. The Morgan fingerprint density at radius 1 is 1.20 bits per heavy atom. The molecule has 0 unspecified atom stereocenters. The lowest BCUT2D eigenvalue weighted by Gasteiger charge is -2.09. The van der Waals surface area contributed by atoms with Gasteiger partial charge in [0.2, 0.25) is 0 Å². The summed E-state index contributed by atoms with van der Waals surface area (Å²) in [4.78, 5) is 13.6. The monoisotopic (exact) mass is 261 g/mol. The fourth-order valence-corrected chi connectivity index (χ4v) is 2.56. The zero-order valence-electron chi connectivity index (χ0n) is 8.12. The predicted molar refractivity (Wildman–Crippen MR) is 64.4 cm³/mol. The summed E-state index contributed by atoms with van der Waals surface area (Å²) in [6, 6.07) is 9.78. The quantitative estimate of drug-likeness (QED) is 0.714. The van der Waals surface area contributed by atoms with Gasteiger partial charge in [0.1, 0.15) is 0 Å². The van der Waals surface area contributed by atoms with E-state index in [1.807, 2.05) is 37.4 Å². The van der Waals surface area contributed by atoms with Crippen LogP contribution in [0, 0.1) is 0 Å². The van der Waals surface area contributed by atoms with Gasteiger partial charge in [0, 0.05) is 22.5 Å². The average Bonchev–Trinajstić information content (AvgIpc) is 2.50. The third kappa shape index (κ3) is 1.01. The van der Waals surface area contributed by atoms with Gasteiger partial charge in [-0.1, -0.05) is 28.1 Å². The van der Waals surface area contributed by atoms with Gasteiger partial charge in [0.05, 0.1) is 5.69 Å². The second-order valence-electron chi connectivity index (χ2n) is 3.66. The molecule has 2 aromatic carbocycles. The van der Waals surface area contributed by atoms with E-state index < -0.39 is 0 Å². The minimum Gasteiger partial charge on any atom is -0.311 e. The van der Waals surface area contributed by atoms with Gasteiger partial charge in [-0.05, 0) is 23.6 Å². The fraction of sp³-hybridized carbons (Fsp3) is 0.0833. The summed E-state index contributed by atoms with van der Waals surface area (Å²) in [6.45, 7) is 0. The topological polar surface area (TPSA) is 20.3 Å². The zero-order chi connectivity index (χ0) is 10.6. The SMILES string of the molecule is CN1C(=O)c2ccc(Br)c3cccc1c23. The highest BCUT2D eigenvalue weighted by Gasteiger charge is 2.26. The lowest BCUT2D eigenvalue weighted by molar-refractivity contribution is 0.0999. The van der Waals surface area contributed by atoms with E-state index in [0.717, 1.165) is 26.5 Å². The van der Waals surface area contributed by atoms with Gasteiger partial charge in [-0.25, -0.2) is 0 Å². The first kappa shape index (κ1) is 8.92. The van der Waals surface area contributed by atoms with Crippen LogP contribution in [0.25, 0.3) is 10.8 Å². The van der Waals surface area contributed by atoms with Gasteiger partial charge in [-0.2, -0.15) is 0 Å². The van der Waals surface area contributed by atoms with Crippen molar-refractivity contribution in [1.29, 1.82) is 0 Å². The van der Waals surface area contributed by atoms with E-state index in [1.54, 1.807) is 4.90 Å². The smallest absolute Gasteiger partial charge is 0.258 e. The molecular weight excluding hydrogens is 254 g/mol. The molecule has 0 radical (unpaired) electrons. The van der Waals surface area contributed by atoms with E-state index in [0.29, 0.717) is 0 Å². The Bertz CT molecular complexity index is 591. The Kier molecular flexibility index (Phi) is 1.68. The van der Waals surface area contributed by atoms with Crippen LogP contribution in [0.2, 0.25) is 0 Å². The molecule has 15 heavy (non-hydrogen) atoms. The number of hydrogen-bond donors (Lipinski definition) is 0. The fourth-order valence-electron chi connectivity index (χ4n) is 2.10. The molecule has 2 aromatic rings. The number of anilines is 1. The van der Waals surface area contributed by atoms with Crippen LogP contribution >= 0.6 is 15.9 Å². The molecule has 1 heterocycles. The van der Waals surface area contributed by atoms with Gasteiger partial charge in [-0.3, -0.25) is 4.79 Å². The molecule has 0 saturated heterocycles. The molecule has 3 rings (SSSR count). The highest BCUT2D eigenvalue weighted by atomic mass is 79.9. The van der Waals surface area contributed by atoms with E-state index in [9.17, 15) is 4.79 Å². The first-order valence-corrected chi connectivity index (χ1v) is 5.49. The van der Waals surface area contributed by atoms with Crippen LogP contribution in [0.3, 0.4) is 0 Å². The van der Waals surface area contributed by atoms with Crippen molar-refractivity contribution in [1.82, 2.24) is 0 Å². The molecule has 0 fully saturated rings. The lowest BCUT2D eigenvalue weighted by Crippen LogP contribution is -2.20. The number of rotatable bonds is 0. The normalized spacial score (nSPS) is 14.0. The van der Waals surface area contributed by atoms with Gasteiger partial charge < -0.3 is 4.90 Å². The van der Waals surface area contributed by atoms with Crippen LogP contribution in [-0.2, 0) is 0 Å². The second-order valence-corrected chi connectivity index (χ2v) is 4.51. The van der Waals surface area contributed by atoms with Crippen molar-refractivity contribution >= 4 is 38.3 Å². The number of nitrogens with zero attached hydrogens (tertiary/aromatic N) is 1. The molecule has 0 aromatic heterocycles. The highest BCUT2D eigenvalue weighted by Crippen LogP contribution is 2.39. The first-order valence-electron chi connectivity index (χ1n) is 4.69. The minimum absolute atomic E-state index is 0.0775. The summed E-state index contributed by atoms with van der Waals surface area (Å²) in [7, 11) is 1.81. The third-order valence-corrected chi connectivity index (χ3v) is 3.55. The van der Waals surface area contributed by atoms with E-state index in [2.05, 4.69) is 15.9 Å². The summed E-state index contributed by atoms with van der Waals surface area (Å²) in [5.41, 5.74) is 1.79. The summed E-state index contributed by atoms with van der Waals surface area (Å²) < 4.78 is 1.03. The van der Waals surface area contributed by atoms with Gasteiger partial charge in [0.15, 0.2) is 0 Å². The largest absolute Gasteiger partial charge is 0.311 e. The van der Waals surface area contributed by atoms with E-state index >= 15 is 0 Å². The molecule has 3 heteroatoms. The highest BCUT2D eigenvalue weighted by molar-refractivity contribution is 9.10. The molecule has 0 bridgehead atoms. The number of carbonyl (C=O) groups excluding carboxylic acids is 1. The van der Waals surface area contributed by atoms with E-state index in [4.69, 9.17) is 0 Å². The predicted octanol–water partition coefficient (Wildman–Crippen LogP) is 3.19. The Morgan fingerprint density at radius 2 is 2.00 bits per heavy atom. The molecule has 0 spiro atoms. The summed E-state index contributed by atoms with van der Waals surface area (Å²) in [5, 5.41) is 2.15. The molecule has 1 aliphatic heterocycles. The van der Waals surface area contributed by atoms with Crippen molar-refractivity contribution in [2.24, 2.45) is 0 Å². The van der Waals surface area contributed by atoms with Crippen molar-refractivity contribution in [2.45, 2.75) is 0 Å². The van der Waals surface area contributed by atoms with Crippen LogP contribution in [0.15, 0.2) is 34.8 Å². The zero-order valence-corrected chi connectivity index (χ0v) is 9.71. The summed E-state index contributed by atoms with van der Waals surface area (Å²) >= 11 is 3.50. The lowest BCUT2D eigenvalue weighted by atomic mass is 10.1. The molecular formula is C12H8BrNO. The maximum absolute atomic E-state index is 11.9. The number of halogens is 1. The number of hydrogen-bond acceptors (Lipinski definition) is 1. The Balaban J connectivity index is 2.56. The van der Waals surface area contributed by atoms with Crippen LogP contribution < -0.4 is 4.90 Å². The summed E-state index contributed by atoms with van der Waals surface area (Å²) in [6.07, 6.45) is 0. The van der Waals surface area contributed by atoms with Gasteiger partial charge in [0.25, 0.3) is 5.91 Å². The van der Waals surface area contributed by atoms with Crippen molar-refractivity contribution in [3.8, 4) is 0 Å². The molecule has 0 aliphatic carbocycles. The standard InChI is InChI=1S/C12H8BrNO/c1-14-10-4-2-3-7-9(13)6-5-8(11(7)10)12(14)15/h2-6H,1H3. The molecule has 1 aliphatic rings. The maximum Gasteiger partial charge on any atom is 0.258 e. The van der Waals surface area contributed by atoms with Crippen molar-refractivity contribution in [2.75, 3.05) is 11.9 Å². The molecule has 74 valence electrons. The van der Waals surface area contributed by atoms with Crippen LogP contribution in [0.4, 0.5) is 5.69 Å². The molecule has 0 atom stereocenters. The van der Waals surface area contributed by atoms with Crippen LogP contribution in [0.5, 0.6) is 0 Å². The Labute approximate surface area is 95.6 Å². The van der Waals surface area contributed by atoms with E-state index in [-0.39, 0.29) is 5.91 Å². The third-order valence-electron chi connectivity index (χ3n) is 2.86. The maximum atomic E-state index is 11.9. The average molecular weight is 262 g/mol. The van der Waals surface area contributed by atoms with E-state index in [1.165, 1.54) is 0 Å².